The van der Waals surface area contributed by atoms with Crippen LogP contribution in [0.15, 0.2) is 18.0 Å². The number of hydrogen-bond acceptors (Lipinski definition) is 1. The zero-order valence-electron chi connectivity index (χ0n) is 8.10. The molecule has 0 aliphatic carbocycles. The van der Waals surface area contributed by atoms with E-state index in [1.807, 2.05) is 0 Å². The van der Waals surface area contributed by atoms with E-state index in [1.54, 1.807) is 0 Å². The van der Waals surface area contributed by atoms with E-state index in [2.05, 4.69) is 24.1 Å². The SMILES string of the molecule is C=C=C(CCCC)N1CCCC1. The first kappa shape index (κ1) is 9.41. The van der Waals surface area contributed by atoms with Crippen LogP contribution in [0.3, 0.4) is 0 Å². The quantitative estimate of drug-likeness (QED) is 0.579. The van der Waals surface area contributed by atoms with Gasteiger partial charge in [-0.25, -0.2) is 0 Å². The summed E-state index contributed by atoms with van der Waals surface area (Å²) in [7, 11) is 0. The third-order valence-corrected chi connectivity index (χ3v) is 2.46. The molecular weight excluding hydrogens is 146 g/mol. The highest BCUT2D eigenvalue weighted by Gasteiger charge is 2.13. The second kappa shape index (κ2) is 5.05. The Labute approximate surface area is 75.8 Å². The first-order valence-corrected chi connectivity index (χ1v) is 5.02. The van der Waals surface area contributed by atoms with Crippen LogP contribution in [0.25, 0.3) is 0 Å². The summed E-state index contributed by atoms with van der Waals surface area (Å²) in [6, 6.07) is 0. The molecule has 1 aliphatic rings. The van der Waals surface area contributed by atoms with E-state index < -0.39 is 0 Å². The Balaban J connectivity index is 2.39. The molecule has 1 fully saturated rings. The normalized spacial score (nSPS) is 16.2. The van der Waals surface area contributed by atoms with E-state index in [0.717, 1.165) is 0 Å². The van der Waals surface area contributed by atoms with Crippen molar-refractivity contribution in [2.45, 2.75) is 39.0 Å². The molecule has 1 heterocycles. The maximum absolute atomic E-state index is 3.75. The average Bonchev–Trinajstić information content (AvgIpc) is 2.59. The Morgan fingerprint density at radius 1 is 1.42 bits per heavy atom. The minimum Gasteiger partial charge on any atom is -0.369 e. The van der Waals surface area contributed by atoms with Gasteiger partial charge in [0.15, 0.2) is 0 Å². The van der Waals surface area contributed by atoms with Crippen LogP contribution in [0, 0.1) is 0 Å². The van der Waals surface area contributed by atoms with Gasteiger partial charge in [-0.05, 0) is 25.7 Å². The predicted octanol–water partition coefficient (Wildman–Crippen LogP) is 2.94. The third-order valence-electron chi connectivity index (χ3n) is 2.46. The second-order valence-electron chi connectivity index (χ2n) is 3.42. The second-order valence-corrected chi connectivity index (χ2v) is 3.42. The summed E-state index contributed by atoms with van der Waals surface area (Å²) < 4.78 is 0. The summed E-state index contributed by atoms with van der Waals surface area (Å²) in [6.45, 7) is 8.43. The molecule has 0 N–H and O–H groups in total. The largest absolute Gasteiger partial charge is 0.369 e. The van der Waals surface area contributed by atoms with E-state index in [4.69, 9.17) is 0 Å². The number of nitrogens with zero attached hydrogens (tertiary/aromatic N) is 1. The van der Waals surface area contributed by atoms with Crippen molar-refractivity contribution in [3.63, 3.8) is 0 Å². The standard InChI is InChI=1S/C11H19N/c1-3-5-8-11(4-2)12-9-6-7-10-12/h2-3,5-10H2,1H3. The summed E-state index contributed by atoms with van der Waals surface area (Å²) in [5.74, 6) is 0. The molecule has 0 radical (unpaired) electrons. The number of unbranched alkanes of at least 4 members (excludes halogenated alkanes) is 1. The molecule has 0 aromatic carbocycles. The summed E-state index contributed by atoms with van der Waals surface area (Å²) in [5.41, 5.74) is 4.41. The molecule has 1 nitrogen and oxygen atoms in total. The van der Waals surface area contributed by atoms with Gasteiger partial charge in [0, 0.05) is 13.1 Å². The van der Waals surface area contributed by atoms with Gasteiger partial charge in [-0.2, -0.15) is 0 Å². The first-order chi connectivity index (χ1) is 5.88. The lowest BCUT2D eigenvalue weighted by Gasteiger charge is -2.19. The van der Waals surface area contributed by atoms with Crippen LogP contribution in [0.5, 0.6) is 0 Å². The van der Waals surface area contributed by atoms with Crippen LogP contribution in [-0.2, 0) is 0 Å². The number of rotatable bonds is 4. The number of allylic oxidation sites excluding steroid dienone is 1. The smallest absolute Gasteiger partial charge is 0.0557 e. The van der Waals surface area contributed by atoms with Crippen molar-refractivity contribution >= 4 is 0 Å². The first-order valence-electron chi connectivity index (χ1n) is 5.02. The van der Waals surface area contributed by atoms with Crippen molar-refractivity contribution in [3.05, 3.63) is 18.0 Å². The van der Waals surface area contributed by atoms with Crippen molar-refractivity contribution in [2.24, 2.45) is 0 Å². The lowest BCUT2D eigenvalue weighted by atomic mass is 10.2. The molecule has 1 saturated heterocycles. The molecule has 0 amide bonds. The Bertz CT molecular complexity index is 171. The molecule has 0 unspecified atom stereocenters. The fourth-order valence-electron chi connectivity index (χ4n) is 1.69. The molecule has 1 heteroatoms. The average molecular weight is 165 g/mol. The molecule has 0 saturated carbocycles. The molecule has 0 aromatic rings. The Kier molecular flexibility index (Phi) is 3.96. The number of likely N-dealkylation sites (tertiary alicyclic amines) is 1. The lowest BCUT2D eigenvalue weighted by Crippen LogP contribution is -2.17. The zero-order chi connectivity index (χ0) is 8.81. The molecule has 68 valence electrons. The van der Waals surface area contributed by atoms with Crippen LogP contribution in [0.1, 0.15) is 39.0 Å². The zero-order valence-corrected chi connectivity index (χ0v) is 8.10. The van der Waals surface area contributed by atoms with E-state index in [9.17, 15) is 0 Å². The number of hydrogen-bond donors (Lipinski definition) is 0. The van der Waals surface area contributed by atoms with Crippen LogP contribution in [0.4, 0.5) is 0 Å². The van der Waals surface area contributed by atoms with Crippen LogP contribution < -0.4 is 0 Å². The summed E-state index contributed by atoms with van der Waals surface area (Å²) in [6.07, 6.45) is 6.39. The molecular formula is C11H19N. The van der Waals surface area contributed by atoms with Gasteiger partial charge in [0.2, 0.25) is 0 Å². The topological polar surface area (TPSA) is 3.24 Å². The predicted molar refractivity (Wildman–Crippen MR) is 53.0 cm³/mol. The maximum Gasteiger partial charge on any atom is 0.0557 e. The van der Waals surface area contributed by atoms with E-state index in [1.165, 1.54) is 50.9 Å². The minimum atomic E-state index is 1.17. The van der Waals surface area contributed by atoms with Crippen LogP contribution >= 0.6 is 0 Å². The van der Waals surface area contributed by atoms with Crippen molar-refractivity contribution in [3.8, 4) is 0 Å². The minimum absolute atomic E-state index is 1.17. The third kappa shape index (κ3) is 2.42. The molecule has 1 rings (SSSR count). The van der Waals surface area contributed by atoms with Gasteiger partial charge in [0.05, 0.1) is 5.70 Å². The van der Waals surface area contributed by atoms with Gasteiger partial charge in [0.1, 0.15) is 0 Å². The van der Waals surface area contributed by atoms with E-state index >= 15 is 0 Å². The van der Waals surface area contributed by atoms with Crippen molar-refractivity contribution in [1.29, 1.82) is 0 Å². The molecule has 0 bridgehead atoms. The monoisotopic (exact) mass is 165 g/mol. The van der Waals surface area contributed by atoms with Crippen LogP contribution in [-0.4, -0.2) is 18.0 Å². The highest BCUT2D eigenvalue weighted by atomic mass is 15.1. The van der Waals surface area contributed by atoms with Crippen molar-refractivity contribution in [1.82, 2.24) is 4.90 Å². The van der Waals surface area contributed by atoms with Gasteiger partial charge in [-0.1, -0.05) is 19.9 Å². The Morgan fingerprint density at radius 3 is 2.58 bits per heavy atom. The molecule has 0 spiro atoms. The Morgan fingerprint density at radius 2 is 2.08 bits per heavy atom. The highest BCUT2D eigenvalue weighted by Crippen LogP contribution is 2.17. The maximum atomic E-state index is 3.75. The fraction of sp³-hybridized carbons (Fsp3) is 0.727. The van der Waals surface area contributed by atoms with Gasteiger partial charge in [-0.15, -0.1) is 5.73 Å². The van der Waals surface area contributed by atoms with Gasteiger partial charge < -0.3 is 4.90 Å². The van der Waals surface area contributed by atoms with Gasteiger partial charge >= 0.3 is 0 Å². The van der Waals surface area contributed by atoms with E-state index in [0.29, 0.717) is 0 Å². The highest BCUT2D eigenvalue weighted by molar-refractivity contribution is 4.99. The summed E-state index contributed by atoms with van der Waals surface area (Å²) in [4.78, 5) is 2.43. The van der Waals surface area contributed by atoms with Crippen molar-refractivity contribution in [2.75, 3.05) is 13.1 Å². The van der Waals surface area contributed by atoms with Gasteiger partial charge in [0.25, 0.3) is 0 Å². The summed E-state index contributed by atoms with van der Waals surface area (Å²) >= 11 is 0. The molecule has 0 aromatic heterocycles. The summed E-state index contributed by atoms with van der Waals surface area (Å²) in [5, 5.41) is 0. The van der Waals surface area contributed by atoms with Crippen molar-refractivity contribution < 1.29 is 0 Å². The lowest BCUT2D eigenvalue weighted by molar-refractivity contribution is 0.405. The van der Waals surface area contributed by atoms with Crippen LogP contribution in [0.2, 0.25) is 0 Å². The van der Waals surface area contributed by atoms with E-state index in [-0.39, 0.29) is 0 Å². The fourth-order valence-corrected chi connectivity index (χ4v) is 1.69. The molecule has 12 heavy (non-hydrogen) atoms. The molecule has 1 aliphatic heterocycles. The van der Waals surface area contributed by atoms with Gasteiger partial charge in [-0.3, -0.25) is 0 Å². The molecule has 0 atom stereocenters. The Hall–Kier alpha value is -0.680.